The second-order valence-electron chi connectivity index (χ2n) is 5.00. The fourth-order valence-electron chi connectivity index (χ4n) is 2.46. The van der Waals surface area contributed by atoms with Crippen molar-refractivity contribution in [2.45, 2.75) is 31.8 Å². The summed E-state index contributed by atoms with van der Waals surface area (Å²) in [5.41, 5.74) is -0.0381. The van der Waals surface area contributed by atoms with Gasteiger partial charge in [0, 0.05) is 6.54 Å². The smallest absolute Gasteiger partial charge is 0.254 e. The number of hydrogen-bond acceptors (Lipinski definition) is 2. The van der Waals surface area contributed by atoms with Gasteiger partial charge in [-0.2, -0.15) is 0 Å². The number of nitrogens with one attached hydrogen (secondary N) is 1. The Morgan fingerprint density at radius 1 is 1.47 bits per heavy atom. The molecule has 1 aromatic rings. The Bertz CT molecular complexity index is 467. The quantitative estimate of drug-likeness (QED) is 0.897. The Kier molecular flexibility index (Phi) is 4.77. The lowest BCUT2D eigenvalue weighted by Crippen LogP contribution is -2.33. The molecule has 1 saturated carbocycles. The molecule has 0 heterocycles. The molecule has 1 aliphatic carbocycles. The fourth-order valence-corrected chi connectivity index (χ4v) is 2.63. The van der Waals surface area contributed by atoms with Gasteiger partial charge in [0.25, 0.3) is 5.91 Å². The van der Waals surface area contributed by atoms with E-state index in [1.165, 1.54) is 12.1 Å². The summed E-state index contributed by atoms with van der Waals surface area (Å²) in [5, 5.41) is 12.2. The molecule has 104 valence electrons. The first kappa shape index (κ1) is 14.3. The van der Waals surface area contributed by atoms with E-state index in [1.807, 2.05) is 0 Å². The van der Waals surface area contributed by atoms with Crippen LogP contribution in [-0.2, 0) is 0 Å². The number of benzene rings is 1. The van der Waals surface area contributed by atoms with Crippen molar-refractivity contribution in [2.24, 2.45) is 5.92 Å². The van der Waals surface area contributed by atoms with E-state index < -0.39 is 11.7 Å². The van der Waals surface area contributed by atoms with Crippen LogP contribution in [0.2, 0.25) is 5.02 Å². The van der Waals surface area contributed by atoms with Gasteiger partial charge in [-0.3, -0.25) is 4.79 Å². The lowest BCUT2D eigenvalue weighted by atomic mass is 9.87. The molecule has 2 rings (SSSR count). The van der Waals surface area contributed by atoms with Crippen LogP contribution >= 0.6 is 11.6 Å². The Labute approximate surface area is 116 Å². The summed E-state index contributed by atoms with van der Waals surface area (Å²) < 4.78 is 13.6. The van der Waals surface area contributed by atoms with Gasteiger partial charge >= 0.3 is 0 Å². The molecule has 0 radical (unpaired) electrons. The molecule has 1 fully saturated rings. The first-order valence-electron chi connectivity index (χ1n) is 6.48. The van der Waals surface area contributed by atoms with Crippen LogP contribution in [0.3, 0.4) is 0 Å². The average Bonchev–Trinajstić information content (AvgIpc) is 2.39. The number of amides is 1. The summed E-state index contributed by atoms with van der Waals surface area (Å²) in [5.74, 6) is -0.889. The van der Waals surface area contributed by atoms with Crippen molar-refractivity contribution in [1.82, 2.24) is 5.32 Å². The summed E-state index contributed by atoms with van der Waals surface area (Å²) >= 11 is 5.64. The SMILES string of the molecule is O=C(NCC1CCCC(O)C1)c1cccc(Cl)c1F. The molecule has 0 bridgehead atoms. The predicted molar refractivity (Wildman–Crippen MR) is 71.7 cm³/mol. The summed E-state index contributed by atoms with van der Waals surface area (Å²) in [4.78, 5) is 11.9. The maximum absolute atomic E-state index is 13.6. The van der Waals surface area contributed by atoms with E-state index in [0.717, 1.165) is 19.3 Å². The molecule has 0 aromatic heterocycles. The average molecular weight is 286 g/mol. The highest BCUT2D eigenvalue weighted by molar-refractivity contribution is 6.31. The summed E-state index contributed by atoms with van der Waals surface area (Å²) in [6.45, 7) is 0.460. The number of rotatable bonds is 3. The number of aliphatic hydroxyl groups is 1. The number of hydrogen-bond donors (Lipinski definition) is 2. The summed E-state index contributed by atoms with van der Waals surface area (Å²) in [6, 6.07) is 4.36. The lowest BCUT2D eigenvalue weighted by molar-refractivity contribution is 0.0871. The van der Waals surface area contributed by atoms with Crippen LogP contribution in [0.25, 0.3) is 0 Å². The zero-order chi connectivity index (χ0) is 13.8. The molecule has 1 aliphatic rings. The van der Waals surface area contributed by atoms with Gasteiger partial charge in [-0.1, -0.05) is 24.1 Å². The van der Waals surface area contributed by atoms with Gasteiger partial charge in [-0.05, 0) is 37.3 Å². The van der Waals surface area contributed by atoms with Crippen LogP contribution < -0.4 is 5.32 Å². The van der Waals surface area contributed by atoms with Crippen molar-refractivity contribution >= 4 is 17.5 Å². The van der Waals surface area contributed by atoms with E-state index in [0.29, 0.717) is 13.0 Å². The van der Waals surface area contributed by atoms with Crippen molar-refractivity contribution in [1.29, 1.82) is 0 Å². The van der Waals surface area contributed by atoms with E-state index in [2.05, 4.69) is 5.32 Å². The fraction of sp³-hybridized carbons (Fsp3) is 0.500. The molecule has 0 spiro atoms. The van der Waals surface area contributed by atoms with Crippen molar-refractivity contribution in [3.8, 4) is 0 Å². The predicted octanol–water partition coefficient (Wildman–Crippen LogP) is 2.76. The molecule has 1 aromatic carbocycles. The lowest BCUT2D eigenvalue weighted by Gasteiger charge is -2.25. The van der Waals surface area contributed by atoms with Gasteiger partial charge in [0.05, 0.1) is 16.7 Å². The van der Waals surface area contributed by atoms with E-state index in [9.17, 15) is 14.3 Å². The normalized spacial score (nSPS) is 23.1. The first-order valence-corrected chi connectivity index (χ1v) is 6.86. The Hall–Kier alpha value is -1.13. The first-order chi connectivity index (χ1) is 9.08. The third-order valence-corrected chi connectivity index (χ3v) is 3.79. The topological polar surface area (TPSA) is 49.3 Å². The summed E-state index contributed by atoms with van der Waals surface area (Å²) in [6.07, 6.45) is 3.19. The van der Waals surface area contributed by atoms with E-state index in [4.69, 9.17) is 11.6 Å². The van der Waals surface area contributed by atoms with Crippen molar-refractivity contribution in [3.63, 3.8) is 0 Å². The van der Waals surface area contributed by atoms with Crippen LogP contribution in [0.15, 0.2) is 18.2 Å². The maximum atomic E-state index is 13.6. The standard InChI is InChI=1S/C14H17ClFNO2/c15-12-6-2-5-11(13(12)16)14(19)17-8-9-3-1-4-10(18)7-9/h2,5-6,9-10,18H,1,3-4,7-8H2,(H,17,19). The highest BCUT2D eigenvalue weighted by Gasteiger charge is 2.21. The number of halogens is 2. The molecule has 2 N–H and O–H groups in total. The number of carbonyl (C=O) groups excluding carboxylic acids is 1. The molecule has 0 saturated heterocycles. The molecule has 1 amide bonds. The Morgan fingerprint density at radius 2 is 2.26 bits per heavy atom. The van der Waals surface area contributed by atoms with Gasteiger partial charge in [-0.15, -0.1) is 0 Å². The minimum Gasteiger partial charge on any atom is -0.393 e. The highest BCUT2D eigenvalue weighted by atomic mass is 35.5. The van der Waals surface area contributed by atoms with Gasteiger partial charge in [0.15, 0.2) is 5.82 Å². The second kappa shape index (κ2) is 6.35. The van der Waals surface area contributed by atoms with Crippen LogP contribution in [0.1, 0.15) is 36.0 Å². The second-order valence-corrected chi connectivity index (χ2v) is 5.41. The maximum Gasteiger partial charge on any atom is 0.254 e. The number of aliphatic hydroxyl groups excluding tert-OH is 1. The van der Waals surface area contributed by atoms with Crippen LogP contribution in [-0.4, -0.2) is 23.7 Å². The van der Waals surface area contributed by atoms with Crippen LogP contribution in [0.4, 0.5) is 4.39 Å². The minimum atomic E-state index is -0.689. The largest absolute Gasteiger partial charge is 0.393 e. The van der Waals surface area contributed by atoms with Crippen LogP contribution in [0, 0.1) is 11.7 Å². The van der Waals surface area contributed by atoms with E-state index >= 15 is 0 Å². The Balaban J connectivity index is 1.92. The van der Waals surface area contributed by atoms with Gasteiger partial charge < -0.3 is 10.4 Å². The number of carbonyl (C=O) groups is 1. The van der Waals surface area contributed by atoms with Gasteiger partial charge in [-0.25, -0.2) is 4.39 Å². The molecule has 19 heavy (non-hydrogen) atoms. The third-order valence-electron chi connectivity index (χ3n) is 3.50. The molecule has 2 atom stereocenters. The van der Waals surface area contributed by atoms with Crippen molar-refractivity contribution < 1.29 is 14.3 Å². The molecular weight excluding hydrogens is 269 g/mol. The van der Waals surface area contributed by atoms with Crippen molar-refractivity contribution in [3.05, 3.63) is 34.6 Å². The summed E-state index contributed by atoms with van der Waals surface area (Å²) in [7, 11) is 0. The minimum absolute atomic E-state index is 0.0381. The highest BCUT2D eigenvalue weighted by Crippen LogP contribution is 2.24. The molecular formula is C14H17ClFNO2. The molecule has 2 unspecified atom stereocenters. The molecule has 0 aliphatic heterocycles. The monoisotopic (exact) mass is 285 g/mol. The van der Waals surface area contributed by atoms with Crippen molar-refractivity contribution in [2.75, 3.05) is 6.54 Å². The zero-order valence-electron chi connectivity index (χ0n) is 10.5. The van der Waals surface area contributed by atoms with Crippen LogP contribution in [0.5, 0.6) is 0 Å². The molecule has 3 nitrogen and oxygen atoms in total. The van der Waals surface area contributed by atoms with E-state index in [-0.39, 0.29) is 22.6 Å². The van der Waals surface area contributed by atoms with E-state index in [1.54, 1.807) is 6.07 Å². The van der Waals surface area contributed by atoms with Gasteiger partial charge in [0.2, 0.25) is 0 Å². The Morgan fingerprint density at radius 3 is 3.00 bits per heavy atom. The zero-order valence-corrected chi connectivity index (χ0v) is 11.3. The molecule has 5 heteroatoms. The third kappa shape index (κ3) is 3.67. The van der Waals surface area contributed by atoms with Gasteiger partial charge in [0.1, 0.15) is 0 Å².